The van der Waals surface area contributed by atoms with Crippen LogP contribution in [0.2, 0.25) is 0 Å². The number of fused-ring (bicyclic) bond motifs is 5. The number of carbonyl (C=O) groups is 1. The van der Waals surface area contributed by atoms with Crippen LogP contribution in [0.15, 0.2) is 0 Å². The van der Waals surface area contributed by atoms with E-state index >= 15 is 0 Å². The molecule has 0 aromatic heterocycles. The van der Waals surface area contributed by atoms with Gasteiger partial charge >= 0.3 is 0 Å². The van der Waals surface area contributed by atoms with Crippen molar-refractivity contribution in [1.29, 1.82) is 0 Å². The van der Waals surface area contributed by atoms with E-state index < -0.39 is 0 Å². The molecule has 0 aliphatic heterocycles. The lowest BCUT2D eigenvalue weighted by atomic mass is 9.45. The molecule has 0 saturated heterocycles. The Morgan fingerprint density at radius 3 is 2.65 bits per heavy atom. The fourth-order valence-corrected chi connectivity index (χ4v) is 7.04. The first-order valence-electron chi connectivity index (χ1n) is 9.05. The van der Waals surface area contributed by atoms with Crippen LogP contribution in [-0.4, -0.2) is 5.78 Å². The second kappa shape index (κ2) is 4.34. The van der Waals surface area contributed by atoms with Crippen LogP contribution in [0.25, 0.3) is 0 Å². The summed E-state index contributed by atoms with van der Waals surface area (Å²) in [4.78, 5) is 11.9. The van der Waals surface area contributed by atoms with E-state index in [4.69, 9.17) is 0 Å². The van der Waals surface area contributed by atoms with E-state index in [9.17, 15) is 4.79 Å². The predicted molar refractivity (Wildman–Crippen MR) is 81.4 cm³/mol. The zero-order valence-corrected chi connectivity index (χ0v) is 13.3. The maximum atomic E-state index is 11.9. The zero-order chi connectivity index (χ0) is 14.0. The van der Waals surface area contributed by atoms with Crippen molar-refractivity contribution in [2.75, 3.05) is 0 Å². The summed E-state index contributed by atoms with van der Waals surface area (Å²) in [6.45, 7) is 5.14. The molecule has 4 saturated carbocycles. The maximum Gasteiger partial charge on any atom is 0.133 e. The van der Waals surface area contributed by atoms with E-state index in [0.29, 0.717) is 16.6 Å². The fraction of sp³-hybridized carbons (Fsp3) is 0.947. The van der Waals surface area contributed by atoms with Crippen LogP contribution in [-0.2, 0) is 4.79 Å². The van der Waals surface area contributed by atoms with Gasteiger partial charge in [-0.1, -0.05) is 20.3 Å². The molecule has 6 atom stereocenters. The molecule has 0 radical (unpaired) electrons. The van der Waals surface area contributed by atoms with Gasteiger partial charge in [0.15, 0.2) is 0 Å². The lowest BCUT2D eigenvalue weighted by molar-refractivity contribution is -0.137. The van der Waals surface area contributed by atoms with Crippen LogP contribution in [0.1, 0.15) is 78.1 Å². The summed E-state index contributed by atoms with van der Waals surface area (Å²) in [7, 11) is 0. The summed E-state index contributed by atoms with van der Waals surface area (Å²) in [5, 5.41) is 0. The van der Waals surface area contributed by atoms with E-state index in [1.54, 1.807) is 0 Å². The van der Waals surface area contributed by atoms with Gasteiger partial charge in [0, 0.05) is 12.8 Å². The van der Waals surface area contributed by atoms with Crippen molar-refractivity contribution >= 4 is 5.78 Å². The molecule has 4 aliphatic carbocycles. The van der Waals surface area contributed by atoms with Gasteiger partial charge in [-0.2, -0.15) is 0 Å². The molecule has 4 fully saturated rings. The highest BCUT2D eigenvalue weighted by Gasteiger charge is 2.57. The lowest BCUT2D eigenvalue weighted by Crippen LogP contribution is -2.52. The summed E-state index contributed by atoms with van der Waals surface area (Å²) in [5.74, 6) is 4.20. The third-order valence-corrected chi connectivity index (χ3v) is 8.26. The molecule has 1 nitrogen and oxygen atoms in total. The Bertz CT molecular complexity index is 427. The Morgan fingerprint density at radius 1 is 0.950 bits per heavy atom. The van der Waals surface area contributed by atoms with E-state index in [0.717, 1.165) is 36.5 Å². The maximum absolute atomic E-state index is 11.9. The molecule has 0 spiro atoms. The molecule has 4 rings (SSSR count). The van der Waals surface area contributed by atoms with Crippen LogP contribution in [0.4, 0.5) is 0 Å². The van der Waals surface area contributed by atoms with Gasteiger partial charge < -0.3 is 0 Å². The van der Waals surface area contributed by atoms with Gasteiger partial charge in [-0.05, 0) is 79.4 Å². The van der Waals surface area contributed by atoms with Gasteiger partial charge in [-0.25, -0.2) is 0 Å². The molecule has 0 heterocycles. The van der Waals surface area contributed by atoms with E-state index in [-0.39, 0.29) is 0 Å². The summed E-state index contributed by atoms with van der Waals surface area (Å²) in [5.41, 5.74) is 1.18. The first kappa shape index (κ1) is 13.3. The third-order valence-electron chi connectivity index (χ3n) is 8.26. The Kier molecular flexibility index (Phi) is 2.89. The van der Waals surface area contributed by atoms with Crippen molar-refractivity contribution < 1.29 is 4.79 Å². The number of carbonyl (C=O) groups excluding carboxylic acids is 1. The van der Waals surface area contributed by atoms with Crippen molar-refractivity contribution in [3.63, 3.8) is 0 Å². The largest absolute Gasteiger partial charge is 0.300 e. The van der Waals surface area contributed by atoms with Crippen molar-refractivity contribution in [3.05, 3.63) is 0 Å². The highest BCUT2D eigenvalue weighted by Crippen LogP contribution is 2.65. The van der Waals surface area contributed by atoms with Gasteiger partial charge in [0.1, 0.15) is 5.78 Å². The third kappa shape index (κ3) is 1.70. The van der Waals surface area contributed by atoms with E-state index in [2.05, 4.69) is 13.8 Å². The van der Waals surface area contributed by atoms with Crippen LogP contribution in [0, 0.1) is 34.5 Å². The SMILES string of the molecule is CC12CCC[C@H]1[C@@H]1CC[C@H]3CC(=O)CCC3(C)[C@H]1CC2. The normalized spacial score (nSPS) is 55.0. The molecule has 112 valence electrons. The molecule has 0 N–H and O–H groups in total. The molecule has 0 amide bonds. The van der Waals surface area contributed by atoms with Crippen LogP contribution < -0.4 is 0 Å². The lowest BCUT2D eigenvalue weighted by Gasteiger charge is -2.59. The highest BCUT2D eigenvalue weighted by molar-refractivity contribution is 5.79. The highest BCUT2D eigenvalue weighted by atomic mass is 16.1. The van der Waals surface area contributed by atoms with Crippen LogP contribution >= 0.6 is 0 Å². The van der Waals surface area contributed by atoms with Crippen LogP contribution in [0.5, 0.6) is 0 Å². The summed E-state index contributed by atoms with van der Waals surface area (Å²) in [6.07, 6.45) is 13.1. The molecule has 0 aromatic carbocycles. The Labute approximate surface area is 123 Å². The number of hydrogen-bond acceptors (Lipinski definition) is 1. The minimum Gasteiger partial charge on any atom is -0.300 e. The number of Topliss-reactive ketones (excluding diaryl/α,β-unsaturated/α-hetero) is 1. The average molecular weight is 274 g/mol. The van der Waals surface area contributed by atoms with Gasteiger partial charge in [-0.3, -0.25) is 4.79 Å². The summed E-state index contributed by atoms with van der Waals surface area (Å²) < 4.78 is 0. The Hall–Kier alpha value is -0.330. The van der Waals surface area contributed by atoms with Crippen LogP contribution in [0.3, 0.4) is 0 Å². The van der Waals surface area contributed by atoms with Gasteiger partial charge in [0.05, 0.1) is 0 Å². The first-order chi connectivity index (χ1) is 9.53. The fourth-order valence-electron chi connectivity index (χ4n) is 7.04. The molecule has 0 bridgehead atoms. The minimum absolute atomic E-state index is 0.501. The number of hydrogen-bond donors (Lipinski definition) is 0. The Balaban J connectivity index is 1.64. The van der Waals surface area contributed by atoms with Gasteiger partial charge in [0.25, 0.3) is 0 Å². The second-order valence-corrected chi connectivity index (χ2v) is 8.98. The molecule has 0 aromatic rings. The van der Waals surface area contributed by atoms with Crippen molar-refractivity contribution in [3.8, 4) is 0 Å². The smallest absolute Gasteiger partial charge is 0.133 e. The zero-order valence-electron chi connectivity index (χ0n) is 13.3. The van der Waals surface area contributed by atoms with E-state index in [1.807, 2.05) is 0 Å². The minimum atomic E-state index is 0.501. The van der Waals surface area contributed by atoms with E-state index in [1.165, 1.54) is 51.4 Å². The molecule has 4 aliphatic rings. The van der Waals surface area contributed by atoms with Gasteiger partial charge in [0.2, 0.25) is 0 Å². The van der Waals surface area contributed by atoms with Gasteiger partial charge in [-0.15, -0.1) is 0 Å². The quantitative estimate of drug-likeness (QED) is 0.608. The molecule has 20 heavy (non-hydrogen) atoms. The van der Waals surface area contributed by atoms with Crippen molar-refractivity contribution in [2.24, 2.45) is 34.5 Å². The topological polar surface area (TPSA) is 17.1 Å². The monoisotopic (exact) mass is 274 g/mol. The average Bonchev–Trinajstić information content (AvgIpc) is 2.81. The number of rotatable bonds is 0. The molecule has 2 unspecified atom stereocenters. The molecular weight excluding hydrogens is 244 g/mol. The second-order valence-electron chi connectivity index (χ2n) is 8.98. The summed E-state index contributed by atoms with van der Waals surface area (Å²) in [6, 6.07) is 0. The predicted octanol–water partition coefficient (Wildman–Crippen LogP) is 4.99. The standard InChI is InChI=1S/C19H30O/c1-18-9-3-4-16(18)15-6-5-13-12-14(20)7-11-19(13,2)17(15)8-10-18/h13,15-17H,3-12H2,1-2H3/t13-,15-,16-,17-,18?,19?/m0/s1. The summed E-state index contributed by atoms with van der Waals surface area (Å²) >= 11 is 0. The molecular formula is C19H30O. The van der Waals surface area contributed by atoms with Crippen molar-refractivity contribution in [1.82, 2.24) is 0 Å². The first-order valence-corrected chi connectivity index (χ1v) is 9.05. The number of ketones is 1. The Morgan fingerprint density at radius 2 is 1.80 bits per heavy atom. The molecule has 1 heteroatoms. The van der Waals surface area contributed by atoms with Crippen molar-refractivity contribution in [2.45, 2.75) is 78.1 Å².